The topological polar surface area (TPSA) is 104 Å². The Morgan fingerprint density at radius 3 is 2.48 bits per heavy atom. The first-order valence-corrected chi connectivity index (χ1v) is 8.96. The highest BCUT2D eigenvalue weighted by Gasteiger charge is 2.07. The number of amides is 3. The monoisotopic (exact) mass is 411 g/mol. The first-order chi connectivity index (χ1) is 14.0. The van der Waals surface area contributed by atoms with E-state index >= 15 is 0 Å². The van der Waals surface area contributed by atoms with Gasteiger partial charge in [0.1, 0.15) is 17.2 Å². The smallest absolute Gasteiger partial charge is 0.337 e. The molecule has 4 N–H and O–H groups in total. The zero-order valence-electron chi connectivity index (χ0n) is 15.4. The molecule has 0 radical (unpaired) electrons. The number of carbonyl (C=O) groups excluding carboxylic acids is 2. The number of anilines is 2. The van der Waals surface area contributed by atoms with Crippen molar-refractivity contribution in [2.45, 2.75) is 0 Å². The van der Waals surface area contributed by atoms with Crippen LogP contribution in [0.4, 0.5) is 16.2 Å². The molecular formula is C20H18ClN5O3. The minimum Gasteiger partial charge on any atom is -0.457 e. The molecule has 0 saturated heterocycles. The standard InChI is InChI=1S/C20H18ClN5O3/c1-22-19(27)18-12-15(10-11-23-18)29-14-8-6-13(7-9-14)25-26-20(28)24-17-5-3-2-4-16(17)21/h2-12,25H,1H3,(H,22,27)(H2,24,26,28). The van der Waals surface area contributed by atoms with Gasteiger partial charge in [0.15, 0.2) is 0 Å². The average molecular weight is 412 g/mol. The summed E-state index contributed by atoms with van der Waals surface area (Å²) >= 11 is 6.00. The van der Waals surface area contributed by atoms with Crippen LogP contribution in [0.5, 0.6) is 11.5 Å². The van der Waals surface area contributed by atoms with Gasteiger partial charge in [0.05, 0.1) is 16.4 Å². The fraction of sp³-hybridized carbons (Fsp3) is 0.0500. The SMILES string of the molecule is CNC(=O)c1cc(Oc2ccc(NNC(=O)Nc3ccccc3Cl)cc2)ccn1. The van der Waals surface area contributed by atoms with Crippen LogP contribution >= 0.6 is 11.6 Å². The molecule has 8 nitrogen and oxygen atoms in total. The number of aromatic nitrogens is 1. The summed E-state index contributed by atoms with van der Waals surface area (Å²) in [4.78, 5) is 27.6. The number of hydrogen-bond acceptors (Lipinski definition) is 5. The van der Waals surface area contributed by atoms with Crippen LogP contribution < -0.4 is 26.2 Å². The molecule has 0 fully saturated rings. The summed E-state index contributed by atoms with van der Waals surface area (Å²) < 4.78 is 5.72. The molecule has 0 unspecified atom stereocenters. The third kappa shape index (κ3) is 5.60. The molecule has 3 aromatic rings. The van der Waals surface area contributed by atoms with E-state index in [0.29, 0.717) is 27.9 Å². The van der Waals surface area contributed by atoms with Crippen molar-refractivity contribution in [3.05, 3.63) is 77.6 Å². The van der Waals surface area contributed by atoms with E-state index in [9.17, 15) is 9.59 Å². The van der Waals surface area contributed by atoms with Crippen molar-refractivity contribution in [2.75, 3.05) is 17.8 Å². The van der Waals surface area contributed by atoms with Gasteiger partial charge in [0, 0.05) is 19.3 Å². The van der Waals surface area contributed by atoms with Gasteiger partial charge in [0.25, 0.3) is 5.91 Å². The fourth-order valence-corrected chi connectivity index (χ4v) is 2.50. The van der Waals surface area contributed by atoms with E-state index in [2.05, 4.69) is 26.5 Å². The van der Waals surface area contributed by atoms with Crippen LogP contribution in [0.3, 0.4) is 0 Å². The summed E-state index contributed by atoms with van der Waals surface area (Å²) in [6.45, 7) is 0. The summed E-state index contributed by atoms with van der Waals surface area (Å²) in [5, 5.41) is 5.59. The number of benzene rings is 2. The predicted octanol–water partition coefficient (Wildman–Crippen LogP) is 4.04. The van der Waals surface area contributed by atoms with E-state index in [1.165, 1.54) is 13.2 Å². The molecule has 148 valence electrons. The second-order valence-corrected chi connectivity index (χ2v) is 6.17. The summed E-state index contributed by atoms with van der Waals surface area (Å²) in [6.07, 6.45) is 1.50. The van der Waals surface area contributed by atoms with E-state index in [0.717, 1.165) is 0 Å². The molecule has 0 saturated carbocycles. The maximum absolute atomic E-state index is 12.0. The van der Waals surface area contributed by atoms with Gasteiger partial charge in [-0.15, -0.1) is 0 Å². The molecule has 0 aliphatic heterocycles. The maximum Gasteiger partial charge on any atom is 0.337 e. The number of para-hydroxylation sites is 1. The molecule has 0 aliphatic carbocycles. The number of hydrazine groups is 1. The Hall–Kier alpha value is -3.78. The van der Waals surface area contributed by atoms with E-state index in [1.54, 1.807) is 60.7 Å². The third-order valence-electron chi connectivity index (χ3n) is 3.72. The lowest BCUT2D eigenvalue weighted by atomic mass is 10.3. The van der Waals surface area contributed by atoms with E-state index in [-0.39, 0.29) is 11.6 Å². The molecule has 1 aromatic heterocycles. The van der Waals surface area contributed by atoms with Crippen LogP contribution in [-0.4, -0.2) is 24.0 Å². The van der Waals surface area contributed by atoms with Crippen LogP contribution in [0.15, 0.2) is 66.9 Å². The summed E-state index contributed by atoms with van der Waals surface area (Å²) in [5.74, 6) is 0.748. The molecule has 1 heterocycles. The van der Waals surface area contributed by atoms with Crippen molar-refractivity contribution in [3.8, 4) is 11.5 Å². The highest BCUT2D eigenvalue weighted by molar-refractivity contribution is 6.33. The number of nitrogens with one attached hydrogen (secondary N) is 4. The number of nitrogens with zero attached hydrogens (tertiary/aromatic N) is 1. The Kier molecular flexibility index (Phi) is 6.49. The Bertz CT molecular complexity index is 1010. The summed E-state index contributed by atoms with van der Waals surface area (Å²) in [5.41, 5.74) is 6.71. The molecule has 3 amide bonds. The zero-order valence-corrected chi connectivity index (χ0v) is 16.2. The number of urea groups is 1. The Labute approximate surface area is 172 Å². The zero-order chi connectivity index (χ0) is 20.6. The summed E-state index contributed by atoms with van der Waals surface area (Å²) in [6, 6.07) is 16.6. The molecule has 0 aliphatic rings. The maximum atomic E-state index is 12.0. The van der Waals surface area contributed by atoms with Gasteiger partial charge in [0.2, 0.25) is 0 Å². The fourth-order valence-electron chi connectivity index (χ4n) is 2.31. The van der Waals surface area contributed by atoms with E-state index < -0.39 is 6.03 Å². The van der Waals surface area contributed by atoms with Gasteiger partial charge in [-0.05, 0) is 42.5 Å². The minimum absolute atomic E-state index is 0.261. The van der Waals surface area contributed by atoms with Crippen LogP contribution in [0.1, 0.15) is 10.5 Å². The first-order valence-electron chi connectivity index (χ1n) is 8.59. The number of halogens is 1. The second kappa shape index (κ2) is 9.43. The quantitative estimate of drug-likeness (QED) is 0.458. The lowest BCUT2D eigenvalue weighted by molar-refractivity contribution is 0.0958. The van der Waals surface area contributed by atoms with Crippen LogP contribution in [0, 0.1) is 0 Å². The van der Waals surface area contributed by atoms with Crippen molar-refractivity contribution < 1.29 is 14.3 Å². The highest BCUT2D eigenvalue weighted by Crippen LogP contribution is 2.23. The molecule has 29 heavy (non-hydrogen) atoms. The van der Waals surface area contributed by atoms with Crippen LogP contribution in [0.2, 0.25) is 5.02 Å². The van der Waals surface area contributed by atoms with E-state index in [1.807, 2.05) is 0 Å². The largest absolute Gasteiger partial charge is 0.457 e. The second-order valence-electron chi connectivity index (χ2n) is 5.77. The third-order valence-corrected chi connectivity index (χ3v) is 4.05. The lowest BCUT2D eigenvalue weighted by Crippen LogP contribution is -2.33. The van der Waals surface area contributed by atoms with Crippen molar-refractivity contribution >= 4 is 34.9 Å². The molecule has 0 atom stereocenters. The number of pyridine rings is 1. The Morgan fingerprint density at radius 1 is 1.00 bits per heavy atom. The Morgan fingerprint density at radius 2 is 1.76 bits per heavy atom. The number of ether oxygens (including phenoxy) is 1. The lowest BCUT2D eigenvalue weighted by Gasteiger charge is -2.11. The average Bonchev–Trinajstić information content (AvgIpc) is 2.74. The first kappa shape index (κ1) is 20.0. The number of hydrogen-bond donors (Lipinski definition) is 4. The van der Waals surface area contributed by atoms with Gasteiger partial charge in [-0.25, -0.2) is 4.79 Å². The van der Waals surface area contributed by atoms with Crippen LogP contribution in [0.25, 0.3) is 0 Å². The van der Waals surface area contributed by atoms with Gasteiger partial charge in [-0.3, -0.25) is 20.6 Å². The van der Waals surface area contributed by atoms with Gasteiger partial charge in [-0.2, -0.15) is 0 Å². The molecule has 0 spiro atoms. The highest BCUT2D eigenvalue weighted by atomic mass is 35.5. The number of carbonyl (C=O) groups is 2. The van der Waals surface area contributed by atoms with Crippen molar-refractivity contribution in [3.63, 3.8) is 0 Å². The number of rotatable bonds is 6. The van der Waals surface area contributed by atoms with Crippen molar-refractivity contribution in [1.82, 2.24) is 15.7 Å². The minimum atomic E-state index is -0.461. The molecule has 2 aromatic carbocycles. The van der Waals surface area contributed by atoms with Crippen molar-refractivity contribution in [1.29, 1.82) is 0 Å². The van der Waals surface area contributed by atoms with Gasteiger partial charge in [-0.1, -0.05) is 23.7 Å². The molecule has 9 heteroatoms. The predicted molar refractivity (Wildman–Crippen MR) is 111 cm³/mol. The van der Waals surface area contributed by atoms with Gasteiger partial charge >= 0.3 is 6.03 Å². The Balaban J connectivity index is 1.54. The summed E-state index contributed by atoms with van der Waals surface area (Å²) in [7, 11) is 1.53. The normalized spacial score (nSPS) is 10.0. The molecular weight excluding hydrogens is 394 g/mol. The van der Waals surface area contributed by atoms with Crippen molar-refractivity contribution in [2.24, 2.45) is 0 Å². The van der Waals surface area contributed by atoms with Gasteiger partial charge < -0.3 is 15.4 Å². The molecule has 3 rings (SSSR count). The van der Waals surface area contributed by atoms with Crippen LogP contribution in [-0.2, 0) is 0 Å². The molecule has 0 bridgehead atoms. The van der Waals surface area contributed by atoms with E-state index in [4.69, 9.17) is 16.3 Å².